The highest BCUT2D eigenvalue weighted by Crippen LogP contribution is 2.26. The molecule has 4 heterocycles. The molecule has 1 aromatic carbocycles. The van der Waals surface area contributed by atoms with Gasteiger partial charge in [0.2, 0.25) is 0 Å². The number of fused-ring (bicyclic) bond motifs is 1. The predicted molar refractivity (Wildman–Crippen MR) is 105 cm³/mol. The van der Waals surface area contributed by atoms with Gasteiger partial charge in [-0.05, 0) is 36.4 Å². The Hall–Kier alpha value is -2.90. The van der Waals surface area contributed by atoms with Crippen LogP contribution in [-0.2, 0) is 19.5 Å². The minimum atomic E-state index is -0.233. The van der Waals surface area contributed by atoms with Gasteiger partial charge in [0.15, 0.2) is 11.6 Å². The fraction of sp³-hybridized carbons (Fsp3) is 0.190. The molecule has 0 N–H and O–H groups in total. The molecule has 1 aliphatic heterocycles. The molecular formula is C21H17FN4OS. The summed E-state index contributed by atoms with van der Waals surface area (Å²) >= 11 is 1.63. The van der Waals surface area contributed by atoms with Crippen molar-refractivity contribution in [3.05, 3.63) is 76.3 Å². The van der Waals surface area contributed by atoms with Crippen molar-refractivity contribution in [2.45, 2.75) is 19.5 Å². The summed E-state index contributed by atoms with van der Waals surface area (Å²) in [6, 6.07) is 10.2. The van der Waals surface area contributed by atoms with E-state index in [1.165, 1.54) is 12.1 Å². The van der Waals surface area contributed by atoms with Gasteiger partial charge in [0.25, 0.3) is 0 Å². The topological polar surface area (TPSA) is 55.1 Å². The van der Waals surface area contributed by atoms with Crippen LogP contribution in [0, 0.1) is 5.82 Å². The van der Waals surface area contributed by atoms with E-state index >= 15 is 0 Å². The quantitative estimate of drug-likeness (QED) is 0.510. The lowest BCUT2D eigenvalue weighted by molar-refractivity contribution is 0.242. The van der Waals surface area contributed by atoms with Crippen LogP contribution < -0.4 is 0 Å². The molecule has 0 fully saturated rings. The van der Waals surface area contributed by atoms with Crippen molar-refractivity contribution in [3.8, 4) is 22.8 Å². The number of halogens is 1. The Morgan fingerprint density at radius 2 is 2.04 bits per heavy atom. The molecule has 0 saturated carbocycles. The summed E-state index contributed by atoms with van der Waals surface area (Å²) in [5, 5.41) is 3.08. The van der Waals surface area contributed by atoms with E-state index in [0.717, 1.165) is 53.6 Å². The molecule has 0 saturated heterocycles. The van der Waals surface area contributed by atoms with Crippen molar-refractivity contribution < 1.29 is 8.81 Å². The molecule has 0 aliphatic carbocycles. The SMILES string of the molecule is Fc1ccc(-c2csc(CN3CCc4nc(-c5ccco5)ncc4C3)n2)cc1. The maximum Gasteiger partial charge on any atom is 0.195 e. The molecule has 0 unspecified atom stereocenters. The van der Waals surface area contributed by atoms with Crippen molar-refractivity contribution in [1.29, 1.82) is 0 Å². The molecular weight excluding hydrogens is 375 g/mol. The zero-order valence-corrected chi connectivity index (χ0v) is 15.8. The minimum absolute atomic E-state index is 0.233. The predicted octanol–water partition coefficient (Wildman–Crippen LogP) is 4.56. The molecule has 5 rings (SSSR count). The molecule has 0 atom stereocenters. The molecule has 4 aromatic rings. The Labute approximate surface area is 165 Å². The highest BCUT2D eigenvalue weighted by atomic mass is 32.1. The summed E-state index contributed by atoms with van der Waals surface area (Å²) in [7, 11) is 0. The van der Waals surface area contributed by atoms with Crippen molar-refractivity contribution in [3.63, 3.8) is 0 Å². The van der Waals surface area contributed by atoms with Crippen molar-refractivity contribution in [2.24, 2.45) is 0 Å². The first-order valence-corrected chi connectivity index (χ1v) is 9.94. The third-order valence-corrected chi connectivity index (χ3v) is 5.64. The Morgan fingerprint density at radius 3 is 2.86 bits per heavy atom. The molecule has 5 nitrogen and oxygen atoms in total. The highest BCUT2D eigenvalue weighted by Gasteiger charge is 2.20. The van der Waals surface area contributed by atoms with Crippen LogP contribution in [0.4, 0.5) is 4.39 Å². The number of hydrogen-bond acceptors (Lipinski definition) is 6. The zero-order valence-electron chi connectivity index (χ0n) is 15.0. The first kappa shape index (κ1) is 17.2. The normalized spacial score (nSPS) is 14.2. The molecule has 3 aromatic heterocycles. The second kappa shape index (κ2) is 7.26. The van der Waals surface area contributed by atoms with E-state index in [2.05, 4.69) is 14.9 Å². The number of rotatable bonds is 4. The van der Waals surface area contributed by atoms with Crippen LogP contribution in [0.1, 0.15) is 16.3 Å². The smallest absolute Gasteiger partial charge is 0.195 e. The van der Waals surface area contributed by atoms with Crippen molar-refractivity contribution >= 4 is 11.3 Å². The molecule has 0 radical (unpaired) electrons. The third kappa shape index (κ3) is 3.46. The second-order valence-corrected chi connectivity index (χ2v) is 7.68. The summed E-state index contributed by atoms with van der Waals surface area (Å²) in [5.74, 6) is 1.10. The fourth-order valence-electron chi connectivity index (χ4n) is 3.36. The molecule has 1 aliphatic rings. The summed E-state index contributed by atoms with van der Waals surface area (Å²) in [5.41, 5.74) is 4.07. The first-order chi connectivity index (χ1) is 13.7. The van der Waals surface area contributed by atoms with Gasteiger partial charge in [-0.15, -0.1) is 11.3 Å². The van der Waals surface area contributed by atoms with Gasteiger partial charge < -0.3 is 4.42 Å². The Bertz CT molecular complexity index is 1090. The van der Waals surface area contributed by atoms with Crippen LogP contribution in [0.2, 0.25) is 0 Å². The largest absolute Gasteiger partial charge is 0.461 e. The van der Waals surface area contributed by atoms with Crippen molar-refractivity contribution in [2.75, 3.05) is 6.54 Å². The average Bonchev–Trinajstić information content (AvgIpc) is 3.41. The standard InChI is InChI=1S/C21H17FN4OS/c22-16-5-3-14(4-6-16)18-13-28-20(24-18)12-26-8-7-17-15(11-26)10-23-21(25-17)19-2-1-9-27-19/h1-6,9-10,13H,7-8,11-12H2. The number of aromatic nitrogens is 3. The van der Waals surface area contributed by atoms with Gasteiger partial charge in [-0.2, -0.15) is 0 Å². The lowest BCUT2D eigenvalue weighted by Crippen LogP contribution is -2.30. The fourth-order valence-corrected chi connectivity index (χ4v) is 4.21. The van der Waals surface area contributed by atoms with Crippen molar-refractivity contribution in [1.82, 2.24) is 19.9 Å². The lowest BCUT2D eigenvalue weighted by atomic mass is 10.1. The molecule has 140 valence electrons. The number of benzene rings is 1. The van der Waals surface area contributed by atoms with Gasteiger partial charge in [-0.25, -0.2) is 19.3 Å². The molecule has 0 amide bonds. The van der Waals surface area contributed by atoms with Gasteiger partial charge >= 0.3 is 0 Å². The van der Waals surface area contributed by atoms with E-state index in [4.69, 9.17) is 9.40 Å². The minimum Gasteiger partial charge on any atom is -0.461 e. The van der Waals surface area contributed by atoms with Crippen LogP contribution in [0.25, 0.3) is 22.8 Å². The number of furan rings is 1. The molecule has 7 heteroatoms. The zero-order chi connectivity index (χ0) is 18.9. The van der Waals surface area contributed by atoms with E-state index in [0.29, 0.717) is 11.6 Å². The number of thiazole rings is 1. The summed E-state index contributed by atoms with van der Waals surface area (Å²) in [4.78, 5) is 16.2. The highest BCUT2D eigenvalue weighted by molar-refractivity contribution is 7.09. The van der Waals surface area contributed by atoms with E-state index in [1.807, 2.05) is 23.7 Å². The first-order valence-electron chi connectivity index (χ1n) is 9.06. The maximum absolute atomic E-state index is 13.1. The average molecular weight is 392 g/mol. The van der Waals surface area contributed by atoms with Gasteiger partial charge in [0.1, 0.15) is 10.8 Å². The summed E-state index contributed by atoms with van der Waals surface area (Å²) in [6.45, 7) is 2.51. The summed E-state index contributed by atoms with van der Waals surface area (Å²) in [6.07, 6.45) is 4.41. The van der Waals surface area contributed by atoms with E-state index < -0.39 is 0 Å². The van der Waals surface area contributed by atoms with Crippen LogP contribution in [0.3, 0.4) is 0 Å². The molecule has 28 heavy (non-hydrogen) atoms. The molecule has 0 bridgehead atoms. The van der Waals surface area contributed by atoms with Gasteiger partial charge in [-0.3, -0.25) is 4.90 Å². The summed E-state index contributed by atoms with van der Waals surface area (Å²) < 4.78 is 18.5. The maximum atomic E-state index is 13.1. The van der Waals surface area contributed by atoms with E-state index in [-0.39, 0.29) is 5.82 Å². The van der Waals surface area contributed by atoms with E-state index in [9.17, 15) is 4.39 Å². The molecule has 0 spiro atoms. The number of hydrogen-bond donors (Lipinski definition) is 0. The number of nitrogens with zero attached hydrogens (tertiary/aromatic N) is 4. The Balaban J connectivity index is 1.29. The van der Waals surface area contributed by atoms with Crippen LogP contribution in [0.15, 0.2) is 58.7 Å². The monoisotopic (exact) mass is 392 g/mol. The lowest BCUT2D eigenvalue weighted by Gasteiger charge is -2.27. The van der Waals surface area contributed by atoms with Gasteiger partial charge in [-0.1, -0.05) is 0 Å². The van der Waals surface area contributed by atoms with E-state index in [1.54, 1.807) is 29.7 Å². The van der Waals surface area contributed by atoms with Crippen LogP contribution >= 0.6 is 11.3 Å². The Morgan fingerprint density at radius 1 is 1.14 bits per heavy atom. The Kier molecular flexibility index (Phi) is 4.46. The van der Waals surface area contributed by atoms with Gasteiger partial charge in [0, 0.05) is 42.2 Å². The second-order valence-electron chi connectivity index (χ2n) is 6.74. The van der Waals surface area contributed by atoms with Crippen LogP contribution in [0.5, 0.6) is 0 Å². The van der Waals surface area contributed by atoms with Crippen LogP contribution in [-0.4, -0.2) is 26.4 Å². The third-order valence-electron chi connectivity index (χ3n) is 4.81. The van der Waals surface area contributed by atoms with Gasteiger partial charge in [0.05, 0.1) is 24.2 Å².